The minimum absolute atomic E-state index is 0.0321. The number of fused-ring (bicyclic) bond motifs is 1. The topological polar surface area (TPSA) is 96.2 Å². The standard InChI is InChI=1S/C25H36O6/c1-3-5-7-10-18(26)16-30-23-13-9-12-21-20(23)14-15-22(25(28)29)24(21)31-17-19(27)11-8-6-4-2/h9,12-15,18-19,26-27H,3-8,10-11,16-17H2,1-2H3,(H,28,29). The molecular formula is C25H36O6. The average Bonchev–Trinajstić information content (AvgIpc) is 2.76. The maximum atomic E-state index is 11.7. The Morgan fingerprint density at radius 2 is 1.45 bits per heavy atom. The molecule has 0 heterocycles. The molecule has 0 spiro atoms. The van der Waals surface area contributed by atoms with Crippen molar-refractivity contribution in [3.63, 3.8) is 0 Å². The van der Waals surface area contributed by atoms with Gasteiger partial charge in [0.2, 0.25) is 0 Å². The summed E-state index contributed by atoms with van der Waals surface area (Å²) in [4.78, 5) is 11.7. The van der Waals surface area contributed by atoms with Crippen LogP contribution in [-0.4, -0.2) is 46.7 Å². The van der Waals surface area contributed by atoms with Gasteiger partial charge in [-0.2, -0.15) is 0 Å². The lowest BCUT2D eigenvalue weighted by Gasteiger charge is -2.18. The Morgan fingerprint density at radius 1 is 0.839 bits per heavy atom. The van der Waals surface area contributed by atoms with Gasteiger partial charge in [-0.3, -0.25) is 0 Å². The van der Waals surface area contributed by atoms with Crippen molar-refractivity contribution in [1.82, 2.24) is 0 Å². The summed E-state index contributed by atoms with van der Waals surface area (Å²) in [5.41, 5.74) is 0.0463. The molecule has 0 aliphatic carbocycles. The maximum Gasteiger partial charge on any atom is 0.339 e. The number of hydrogen-bond donors (Lipinski definition) is 3. The SMILES string of the molecule is CCCCCC(O)COc1cccc2c(OCC(O)CCCCC)c(C(=O)O)ccc12. The molecule has 0 aromatic heterocycles. The minimum atomic E-state index is -1.09. The summed E-state index contributed by atoms with van der Waals surface area (Å²) in [5.74, 6) is -0.291. The van der Waals surface area contributed by atoms with Gasteiger partial charge < -0.3 is 24.8 Å². The molecule has 2 aromatic rings. The quantitative estimate of drug-likeness (QED) is 0.336. The third kappa shape index (κ3) is 7.71. The average molecular weight is 433 g/mol. The predicted molar refractivity (Wildman–Crippen MR) is 122 cm³/mol. The summed E-state index contributed by atoms with van der Waals surface area (Å²) in [5, 5.41) is 31.3. The Kier molecular flexibility index (Phi) is 10.6. The first-order valence-electron chi connectivity index (χ1n) is 11.4. The Bertz CT molecular complexity index is 819. The van der Waals surface area contributed by atoms with Crippen LogP contribution in [0.15, 0.2) is 30.3 Å². The Morgan fingerprint density at radius 3 is 2.03 bits per heavy atom. The van der Waals surface area contributed by atoms with Crippen LogP contribution in [0.25, 0.3) is 10.8 Å². The molecule has 6 nitrogen and oxygen atoms in total. The maximum absolute atomic E-state index is 11.7. The third-order valence-corrected chi connectivity index (χ3v) is 5.34. The second kappa shape index (κ2) is 13.2. The van der Waals surface area contributed by atoms with Gasteiger partial charge in [-0.25, -0.2) is 4.79 Å². The van der Waals surface area contributed by atoms with Gasteiger partial charge >= 0.3 is 5.97 Å². The van der Waals surface area contributed by atoms with E-state index in [1.165, 1.54) is 6.07 Å². The van der Waals surface area contributed by atoms with E-state index in [1.807, 2.05) is 0 Å². The van der Waals surface area contributed by atoms with E-state index in [0.29, 0.717) is 29.4 Å². The van der Waals surface area contributed by atoms with Crippen molar-refractivity contribution in [1.29, 1.82) is 0 Å². The van der Waals surface area contributed by atoms with Crippen LogP contribution in [0.5, 0.6) is 11.5 Å². The fourth-order valence-electron chi connectivity index (χ4n) is 3.54. The van der Waals surface area contributed by atoms with Crippen molar-refractivity contribution in [2.75, 3.05) is 13.2 Å². The number of carbonyl (C=O) groups is 1. The van der Waals surface area contributed by atoms with Crippen molar-refractivity contribution in [3.8, 4) is 11.5 Å². The number of aliphatic hydroxyl groups excluding tert-OH is 2. The molecule has 0 radical (unpaired) electrons. The monoisotopic (exact) mass is 432 g/mol. The number of carboxylic acids is 1. The molecule has 31 heavy (non-hydrogen) atoms. The van der Waals surface area contributed by atoms with Gasteiger partial charge in [0.25, 0.3) is 0 Å². The van der Waals surface area contributed by atoms with Crippen LogP contribution in [-0.2, 0) is 0 Å². The Labute approximate surface area is 184 Å². The molecule has 0 aliphatic heterocycles. The van der Waals surface area contributed by atoms with E-state index >= 15 is 0 Å². The number of rotatable bonds is 15. The zero-order chi connectivity index (χ0) is 22.6. The zero-order valence-corrected chi connectivity index (χ0v) is 18.7. The molecule has 2 unspecified atom stereocenters. The van der Waals surface area contributed by atoms with Crippen molar-refractivity contribution in [2.45, 2.75) is 77.4 Å². The number of aromatic carboxylic acids is 1. The van der Waals surface area contributed by atoms with Crippen LogP contribution in [0.2, 0.25) is 0 Å². The van der Waals surface area contributed by atoms with Crippen molar-refractivity contribution in [3.05, 3.63) is 35.9 Å². The number of hydrogen-bond acceptors (Lipinski definition) is 5. The van der Waals surface area contributed by atoms with Gasteiger partial charge in [0.05, 0.1) is 12.2 Å². The molecule has 172 valence electrons. The number of benzene rings is 2. The molecule has 0 fully saturated rings. The lowest BCUT2D eigenvalue weighted by molar-refractivity contribution is 0.0681. The highest BCUT2D eigenvalue weighted by Crippen LogP contribution is 2.35. The van der Waals surface area contributed by atoms with Crippen molar-refractivity contribution < 1.29 is 29.6 Å². The first-order chi connectivity index (χ1) is 15.0. The first kappa shape index (κ1) is 25.0. The minimum Gasteiger partial charge on any atom is -0.490 e. The molecule has 0 saturated carbocycles. The molecule has 2 aromatic carbocycles. The number of ether oxygens (including phenoxy) is 2. The zero-order valence-electron chi connectivity index (χ0n) is 18.7. The summed E-state index contributed by atoms with van der Waals surface area (Å²) >= 11 is 0. The highest BCUT2D eigenvalue weighted by Gasteiger charge is 2.18. The summed E-state index contributed by atoms with van der Waals surface area (Å²) in [7, 11) is 0. The van der Waals surface area contributed by atoms with Gasteiger partial charge in [-0.1, -0.05) is 64.5 Å². The highest BCUT2D eigenvalue weighted by atomic mass is 16.5. The van der Waals surface area contributed by atoms with E-state index in [2.05, 4.69) is 13.8 Å². The smallest absolute Gasteiger partial charge is 0.339 e. The fourth-order valence-corrected chi connectivity index (χ4v) is 3.54. The first-order valence-corrected chi connectivity index (χ1v) is 11.4. The van der Waals surface area contributed by atoms with E-state index in [0.717, 1.165) is 38.5 Å². The van der Waals surface area contributed by atoms with Crippen LogP contribution in [0.3, 0.4) is 0 Å². The number of aliphatic hydroxyl groups is 2. The summed E-state index contributed by atoms with van der Waals surface area (Å²) in [6.07, 6.45) is 6.24. The molecule has 0 saturated heterocycles. The van der Waals surface area contributed by atoms with Crippen LogP contribution < -0.4 is 9.47 Å². The highest BCUT2D eigenvalue weighted by molar-refractivity contribution is 6.02. The second-order valence-corrected chi connectivity index (χ2v) is 8.02. The Hall–Kier alpha value is -2.31. The van der Waals surface area contributed by atoms with Crippen LogP contribution in [0.1, 0.15) is 75.6 Å². The molecule has 3 N–H and O–H groups in total. The third-order valence-electron chi connectivity index (χ3n) is 5.34. The van der Waals surface area contributed by atoms with Crippen molar-refractivity contribution in [2.24, 2.45) is 0 Å². The number of carboxylic acid groups (broad SMARTS) is 1. The summed E-state index contributed by atoms with van der Waals surface area (Å²) in [6, 6.07) is 8.55. The Balaban J connectivity index is 2.18. The molecule has 6 heteroatoms. The van der Waals surface area contributed by atoms with Gasteiger partial charge in [0.1, 0.15) is 30.3 Å². The van der Waals surface area contributed by atoms with Gasteiger partial charge in [0.15, 0.2) is 0 Å². The largest absolute Gasteiger partial charge is 0.490 e. The van der Waals surface area contributed by atoms with Crippen LogP contribution in [0.4, 0.5) is 0 Å². The summed E-state index contributed by atoms with van der Waals surface area (Å²) in [6.45, 7) is 4.43. The van der Waals surface area contributed by atoms with E-state index in [9.17, 15) is 20.1 Å². The van der Waals surface area contributed by atoms with E-state index in [1.54, 1.807) is 24.3 Å². The number of unbranched alkanes of at least 4 members (excludes halogenated alkanes) is 4. The molecular weight excluding hydrogens is 396 g/mol. The predicted octanol–water partition coefficient (Wildman–Crippen LogP) is 5.18. The normalized spacial score (nSPS) is 13.2. The molecule has 2 atom stereocenters. The molecule has 0 aliphatic rings. The lowest BCUT2D eigenvalue weighted by atomic mass is 10.0. The second-order valence-electron chi connectivity index (χ2n) is 8.02. The summed E-state index contributed by atoms with van der Waals surface area (Å²) < 4.78 is 11.7. The van der Waals surface area contributed by atoms with Gasteiger partial charge in [-0.15, -0.1) is 0 Å². The molecule has 2 rings (SSSR count). The van der Waals surface area contributed by atoms with E-state index < -0.39 is 18.2 Å². The van der Waals surface area contributed by atoms with Crippen LogP contribution >= 0.6 is 0 Å². The van der Waals surface area contributed by atoms with Crippen molar-refractivity contribution >= 4 is 16.7 Å². The fraction of sp³-hybridized carbons (Fsp3) is 0.560. The van der Waals surface area contributed by atoms with Crippen LogP contribution in [0, 0.1) is 0 Å². The molecule has 0 bridgehead atoms. The van der Waals surface area contributed by atoms with Gasteiger partial charge in [0, 0.05) is 10.8 Å². The van der Waals surface area contributed by atoms with Gasteiger partial charge in [-0.05, 0) is 31.0 Å². The lowest BCUT2D eigenvalue weighted by Crippen LogP contribution is -2.19. The molecule has 0 amide bonds. The van der Waals surface area contributed by atoms with E-state index in [-0.39, 0.29) is 24.5 Å². The van der Waals surface area contributed by atoms with E-state index in [4.69, 9.17) is 9.47 Å².